The third-order valence-corrected chi connectivity index (χ3v) is 10.1. The monoisotopic (exact) mass is 832 g/mol. The lowest BCUT2D eigenvalue weighted by Crippen LogP contribution is -2.48. The summed E-state index contributed by atoms with van der Waals surface area (Å²) in [6.07, 6.45) is -17.7. The number of anilines is 3. The molecule has 56 heavy (non-hydrogen) atoms. The van der Waals surface area contributed by atoms with Crippen LogP contribution in [0, 0.1) is 0 Å². The average Bonchev–Trinajstić information content (AvgIpc) is 3.44. The summed E-state index contributed by atoms with van der Waals surface area (Å²) >= 11 is 0. The third-order valence-electron chi connectivity index (χ3n) is 8.35. The first-order chi connectivity index (χ1) is 25.8. The van der Waals surface area contributed by atoms with Crippen LogP contribution in [0.15, 0.2) is 54.7 Å². The van der Waals surface area contributed by atoms with E-state index in [0.717, 1.165) is 30.3 Å². The number of piperazine rings is 1. The number of pyridine rings is 1. The van der Waals surface area contributed by atoms with Crippen molar-refractivity contribution in [2.45, 2.75) is 63.7 Å². The summed E-state index contributed by atoms with van der Waals surface area (Å²) < 4.78 is 162. The molecule has 0 radical (unpaired) electrons. The molecule has 0 unspecified atom stereocenters. The van der Waals surface area contributed by atoms with Gasteiger partial charge in [-0.3, -0.25) is 4.57 Å². The van der Waals surface area contributed by atoms with Crippen LogP contribution >= 0.6 is 0 Å². The van der Waals surface area contributed by atoms with Gasteiger partial charge in [-0.25, -0.2) is 14.8 Å². The molecule has 1 saturated heterocycles. The first-order valence-corrected chi connectivity index (χ1v) is 20.4. The number of aliphatic carboxylic acids is 1. The van der Waals surface area contributed by atoms with E-state index < -0.39 is 55.4 Å². The van der Waals surface area contributed by atoms with Crippen LogP contribution < -0.4 is 15.1 Å². The Bertz CT molecular complexity index is 1950. The topological polar surface area (TPSA) is 95.8 Å². The van der Waals surface area contributed by atoms with E-state index in [-0.39, 0.29) is 62.0 Å². The lowest BCUT2D eigenvalue weighted by atomic mass is 10.1. The zero-order valence-electron chi connectivity index (χ0n) is 29.9. The lowest BCUT2D eigenvalue weighted by Gasteiger charge is -2.37. The molecule has 0 amide bonds. The number of aromatic nitrogens is 3. The molecule has 1 aliphatic heterocycles. The number of nitrogens with one attached hydrogen (secondary N) is 1. The molecule has 0 aliphatic carbocycles. The van der Waals surface area contributed by atoms with Gasteiger partial charge in [0.2, 0.25) is 5.95 Å². The van der Waals surface area contributed by atoms with E-state index in [1.54, 1.807) is 4.90 Å². The van der Waals surface area contributed by atoms with E-state index >= 15 is 0 Å². The van der Waals surface area contributed by atoms with Gasteiger partial charge in [0.05, 0.1) is 27.7 Å². The zero-order chi connectivity index (χ0) is 41.9. The van der Waals surface area contributed by atoms with Crippen molar-refractivity contribution in [2.75, 3.05) is 47.9 Å². The van der Waals surface area contributed by atoms with Crippen LogP contribution in [0.2, 0.25) is 25.7 Å². The van der Waals surface area contributed by atoms with E-state index in [0.29, 0.717) is 18.1 Å². The highest BCUT2D eigenvalue weighted by Gasteiger charge is 2.39. The number of fused-ring (bicyclic) bond motifs is 1. The van der Waals surface area contributed by atoms with Crippen molar-refractivity contribution in [3.05, 3.63) is 77.0 Å². The largest absolute Gasteiger partial charge is 0.490 e. The third kappa shape index (κ3) is 11.6. The number of hydrogen-bond acceptors (Lipinski definition) is 7. The van der Waals surface area contributed by atoms with Crippen LogP contribution in [-0.4, -0.2) is 72.6 Å². The highest BCUT2D eigenvalue weighted by molar-refractivity contribution is 6.76. The van der Waals surface area contributed by atoms with Crippen molar-refractivity contribution in [3.63, 3.8) is 0 Å². The van der Waals surface area contributed by atoms with Gasteiger partial charge in [0.15, 0.2) is 0 Å². The number of hydrogen-bond donors (Lipinski definition) is 2. The highest BCUT2D eigenvalue weighted by atomic mass is 28.3. The Morgan fingerprint density at radius 3 is 1.91 bits per heavy atom. The Kier molecular flexibility index (Phi) is 13.2. The summed E-state index contributed by atoms with van der Waals surface area (Å²) in [4.78, 5) is 20.8. The minimum Gasteiger partial charge on any atom is -0.475 e. The van der Waals surface area contributed by atoms with Gasteiger partial charge in [0, 0.05) is 59.3 Å². The van der Waals surface area contributed by atoms with Crippen molar-refractivity contribution in [3.8, 4) is 0 Å². The summed E-state index contributed by atoms with van der Waals surface area (Å²) in [7, 11) is -1.49. The Hall–Kier alpha value is -4.73. The number of halogens is 12. The molecular weight excluding hydrogens is 796 g/mol. The molecule has 3 heterocycles. The summed E-state index contributed by atoms with van der Waals surface area (Å²) in [6.45, 7) is 7.27. The Morgan fingerprint density at radius 2 is 1.39 bits per heavy atom. The molecule has 0 spiro atoms. The minimum absolute atomic E-state index is 0.107. The van der Waals surface area contributed by atoms with Crippen LogP contribution in [0.3, 0.4) is 0 Å². The van der Waals surface area contributed by atoms with Crippen LogP contribution in [0.1, 0.15) is 22.3 Å². The average molecular weight is 833 g/mol. The van der Waals surface area contributed by atoms with Crippen molar-refractivity contribution in [2.24, 2.45) is 0 Å². The first kappa shape index (κ1) is 44.0. The van der Waals surface area contributed by atoms with Crippen LogP contribution in [0.5, 0.6) is 0 Å². The molecule has 9 nitrogen and oxygen atoms in total. The van der Waals surface area contributed by atoms with Gasteiger partial charge in [-0.15, -0.1) is 0 Å². The highest BCUT2D eigenvalue weighted by Crippen LogP contribution is 2.40. The minimum atomic E-state index is -5.08. The summed E-state index contributed by atoms with van der Waals surface area (Å²) in [5.74, 6) is -2.66. The van der Waals surface area contributed by atoms with E-state index in [1.165, 1.54) is 39.9 Å². The predicted molar refractivity (Wildman–Crippen MR) is 185 cm³/mol. The number of carboxylic acids is 1. The number of nitrogens with zero attached hydrogens (tertiary/aromatic N) is 5. The van der Waals surface area contributed by atoms with Crippen LogP contribution in [-0.2, 0) is 41.3 Å². The molecular formula is C34H36F12N6O3Si. The molecule has 0 bridgehead atoms. The fourth-order valence-electron chi connectivity index (χ4n) is 5.44. The smallest absolute Gasteiger partial charge is 0.475 e. The molecule has 2 N–H and O–H groups in total. The Morgan fingerprint density at radius 1 is 0.821 bits per heavy atom. The van der Waals surface area contributed by atoms with E-state index in [9.17, 15) is 52.7 Å². The summed E-state index contributed by atoms with van der Waals surface area (Å²) in [5.41, 5.74) is -2.36. The molecule has 0 atom stereocenters. The number of ether oxygens (including phenoxy) is 1. The number of alkyl halides is 12. The standard InChI is InChI=1S/C32H35F9N6OSi.C2HF3O2/c1-49(2,3)16-15-48-20-47-27-17-24(32(39,40)41)25(43-19-21-6-8-22(9-7-21)30(33,34)35)18-26(27)44-29(47)46-13-11-45(12-14-46)28-23(31(36,37)38)5-4-10-42-28;3-2(4,5)1(6)7/h4-10,17-18,43H,11-16,19-20H2,1-3H3;(H,6,7). The van der Waals surface area contributed by atoms with Gasteiger partial charge >= 0.3 is 30.7 Å². The number of rotatable bonds is 10. The second-order valence-electron chi connectivity index (χ2n) is 13.8. The number of carboxylic acid groups (broad SMARTS) is 1. The molecule has 1 aliphatic rings. The maximum absolute atomic E-state index is 14.4. The quantitative estimate of drug-likeness (QED) is 0.0928. The predicted octanol–water partition coefficient (Wildman–Crippen LogP) is 9.37. The van der Waals surface area contributed by atoms with Crippen molar-refractivity contribution >= 4 is 42.5 Å². The van der Waals surface area contributed by atoms with Crippen molar-refractivity contribution < 1.29 is 67.3 Å². The lowest BCUT2D eigenvalue weighted by molar-refractivity contribution is -0.192. The molecule has 5 rings (SSSR count). The molecule has 0 saturated carbocycles. The maximum atomic E-state index is 14.4. The summed E-state index contributed by atoms with van der Waals surface area (Å²) in [5, 5.41) is 9.83. The van der Waals surface area contributed by atoms with Gasteiger partial charge in [0.1, 0.15) is 12.5 Å². The maximum Gasteiger partial charge on any atom is 0.490 e. The Balaban J connectivity index is 0.000000908. The molecule has 2 aromatic carbocycles. The molecule has 2 aromatic heterocycles. The van der Waals surface area contributed by atoms with Gasteiger partial charge in [-0.2, -0.15) is 52.7 Å². The molecule has 308 valence electrons. The zero-order valence-corrected chi connectivity index (χ0v) is 30.9. The first-order valence-electron chi connectivity index (χ1n) is 16.7. The summed E-state index contributed by atoms with van der Waals surface area (Å²) in [6, 6.07) is 9.29. The van der Waals surface area contributed by atoms with E-state index in [4.69, 9.17) is 14.6 Å². The second kappa shape index (κ2) is 16.8. The van der Waals surface area contributed by atoms with Crippen LogP contribution in [0.25, 0.3) is 11.0 Å². The van der Waals surface area contributed by atoms with Crippen LogP contribution in [0.4, 0.5) is 70.1 Å². The van der Waals surface area contributed by atoms with Gasteiger partial charge in [-0.1, -0.05) is 31.8 Å². The number of benzene rings is 2. The molecule has 1 fully saturated rings. The van der Waals surface area contributed by atoms with Gasteiger partial charge < -0.3 is 25.0 Å². The molecule has 22 heteroatoms. The number of imidazole rings is 1. The van der Waals surface area contributed by atoms with Crippen molar-refractivity contribution in [1.29, 1.82) is 0 Å². The van der Waals surface area contributed by atoms with Gasteiger partial charge in [0.25, 0.3) is 0 Å². The second-order valence-corrected chi connectivity index (χ2v) is 19.4. The van der Waals surface area contributed by atoms with Gasteiger partial charge in [-0.05, 0) is 48.0 Å². The molecule has 4 aromatic rings. The fourth-order valence-corrected chi connectivity index (χ4v) is 6.20. The van der Waals surface area contributed by atoms with Crippen molar-refractivity contribution in [1.82, 2.24) is 14.5 Å². The van der Waals surface area contributed by atoms with E-state index in [2.05, 4.69) is 34.9 Å². The fraction of sp³-hybridized carbons (Fsp3) is 0.441. The Labute approximate surface area is 312 Å². The van der Waals surface area contributed by atoms with E-state index in [1.807, 2.05) is 0 Å². The number of carbonyl (C=O) groups is 1. The normalized spacial score (nSPS) is 14.5. The SMILES string of the molecule is C[Si](C)(C)CCOCn1c(N2CCN(c3ncccc3C(F)(F)F)CC2)nc2cc(NCc3ccc(C(F)(F)F)cc3)c(C(F)(F)F)cc21.O=C(O)C(F)(F)F.